The number of hydrogen-bond acceptors (Lipinski definition) is 6. The molecule has 0 saturated heterocycles. The van der Waals surface area contributed by atoms with E-state index in [1.54, 1.807) is 48.5 Å². The Morgan fingerprint density at radius 2 is 1.81 bits per heavy atom. The summed E-state index contributed by atoms with van der Waals surface area (Å²) >= 11 is 0. The molecule has 1 N–H and O–H groups in total. The minimum absolute atomic E-state index is 0.000594. The van der Waals surface area contributed by atoms with Crippen molar-refractivity contribution < 1.29 is 17.7 Å². The van der Waals surface area contributed by atoms with E-state index in [4.69, 9.17) is 11.3 Å². The lowest BCUT2D eigenvalue weighted by molar-refractivity contribution is 0.437. The number of rotatable bonds is 6. The SMILES string of the molecule is [C-]#[N+]\C(C#N)=C(/C(C#N)=C/C=C1\Oc2ccc(-n3cccc3)cc2N1CS(=O)(=O)O)c1ccccc1. The number of benzene rings is 2. The zero-order chi connectivity index (χ0) is 25.7. The van der Waals surface area contributed by atoms with E-state index in [1.807, 2.05) is 41.2 Å². The predicted molar refractivity (Wildman–Crippen MR) is 133 cm³/mol. The van der Waals surface area contributed by atoms with Crippen molar-refractivity contribution in [1.29, 1.82) is 10.5 Å². The molecular weight excluding hydrogens is 478 g/mol. The minimum Gasteiger partial charge on any atom is -0.439 e. The molecule has 36 heavy (non-hydrogen) atoms. The van der Waals surface area contributed by atoms with E-state index in [1.165, 1.54) is 17.1 Å². The predicted octanol–water partition coefficient (Wildman–Crippen LogP) is 4.67. The van der Waals surface area contributed by atoms with E-state index in [0.29, 0.717) is 17.0 Å². The summed E-state index contributed by atoms with van der Waals surface area (Å²) in [6, 6.07) is 21.2. The molecule has 0 unspecified atom stereocenters. The fourth-order valence-corrected chi connectivity index (χ4v) is 4.26. The van der Waals surface area contributed by atoms with E-state index in [2.05, 4.69) is 4.85 Å². The van der Waals surface area contributed by atoms with Crippen LogP contribution in [0, 0.1) is 29.2 Å². The van der Waals surface area contributed by atoms with Crippen LogP contribution in [0.15, 0.2) is 102 Å². The Morgan fingerprint density at radius 1 is 1.08 bits per heavy atom. The summed E-state index contributed by atoms with van der Waals surface area (Å²) in [5.41, 5.74) is 1.50. The highest BCUT2D eigenvalue weighted by molar-refractivity contribution is 7.85. The van der Waals surface area contributed by atoms with Crippen molar-refractivity contribution in [2.45, 2.75) is 0 Å². The van der Waals surface area contributed by atoms with Gasteiger partial charge in [-0.05, 0) is 42.0 Å². The van der Waals surface area contributed by atoms with Crippen molar-refractivity contribution in [2.24, 2.45) is 0 Å². The van der Waals surface area contributed by atoms with E-state index in [9.17, 15) is 23.5 Å². The van der Waals surface area contributed by atoms with E-state index in [0.717, 1.165) is 5.69 Å². The van der Waals surface area contributed by atoms with Gasteiger partial charge in [-0.1, -0.05) is 30.3 Å². The number of allylic oxidation sites excluding steroid dienone is 5. The second kappa shape index (κ2) is 10.0. The molecule has 0 amide bonds. The highest BCUT2D eigenvalue weighted by Gasteiger charge is 2.30. The Kier molecular flexibility index (Phi) is 6.71. The van der Waals surface area contributed by atoms with Gasteiger partial charge >= 0.3 is 0 Å². The number of nitrogens with zero attached hydrogens (tertiary/aromatic N) is 5. The van der Waals surface area contributed by atoms with E-state index < -0.39 is 16.0 Å². The molecule has 2 aromatic carbocycles. The minimum atomic E-state index is -4.45. The van der Waals surface area contributed by atoms with Gasteiger partial charge in [-0.2, -0.15) is 13.7 Å². The van der Waals surface area contributed by atoms with Crippen LogP contribution in [-0.4, -0.2) is 23.4 Å². The summed E-state index contributed by atoms with van der Waals surface area (Å²) in [6.07, 6.45) is 6.35. The van der Waals surface area contributed by atoms with Crippen LogP contribution in [-0.2, 0) is 10.1 Å². The molecule has 0 spiro atoms. The third-order valence-electron chi connectivity index (χ3n) is 5.21. The molecule has 3 aromatic rings. The zero-order valence-electron chi connectivity index (χ0n) is 18.6. The van der Waals surface area contributed by atoms with Crippen LogP contribution in [0.2, 0.25) is 0 Å². The lowest BCUT2D eigenvalue weighted by atomic mass is 9.96. The normalized spacial score (nSPS) is 14.8. The molecule has 1 aliphatic rings. The fourth-order valence-electron chi connectivity index (χ4n) is 3.67. The second-order valence-corrected chi connectivity index (χ2v) is 8.92. The fraction of sp³-hybridized carbons (Fsp3) is 0.0385. The number of ether oxygens (including phenoxy) is 1. The molecule has 176 valence electrons. The molecule has 10 heteroatoms. The molecule has 0 saturated carbocycles. The van der Waals surface area contributed by atoms with Crippen molar-refractivity contribution in [2.75, 3.05) is 10.8 Å². The molecule has 0 aliphatic carbocycles. The highest BCUT2D eigenvalue weighted by atomic mass is 32.2. The molecule has 0 radical (unpaired) electrons. The molecule has 4 rings (SSSR count). The third kappa shape index (κ3) is 5.03. The molecule has 1 aliphatic heterocycles. The maximum Gasteiger partial charge on any atom is 0.283 e. The first-order chi connectivity index (χ1) is 17.3. The van der Waals surface area contributed by atoms with Crippen molar-refractivity contribution >= 4 is 21.4 Å². The highest BCUT2D eigenvalue weighted by Crippen LogP contribution is 2.41. The number of anilines is 1. The summed E-state index contributed by atoms with van der Waals surface area (Å²) in [7, 11) is -4.45. The topological polar surface area (TPSA) is 124 Å². The quantitative estimate of drug-likeness (QED) is 0.228. The van der Waals surface area contributed by atoms with Crippen LogP contribution in [0.5, 0.6) is 5.75 Å². The van der Waals surface area contributed by atoms with Gasteiger partial charge < -0.3 is 9.30 Å². The third-order valence-corrected chi connectivity index (χ3v) is 5.79. The van der Waals surface area contributed by atoms with Gasteiger partial charge in [0.05, 0.1) is 30.0 Å². The van der Waals surface area contributed by atoms with Gasteiger partial charge in [0.15, 0.2) is 11.6 Å². The van der Waals surface area contributed by atoms with Crippen molar-refractivity contribution in [3.63, 3.8) is 0 Å². The lowest BCUT2D eigenvalue weighted by Crippen LogP contribution is -2.27. The Hall–Kier alpha value is -5.08. The van der Waals surface area contributed by atoms with Crippen LogP contribution in [0.1, 0.15) is 5.56 Å². The Bertz CT molecular complexity index is 1620. The summed E-state index contributed by atoms with van der Waals surface area (Å²) in [5, 5.41) is 19.3. The van der Waals surface area contributed by atoms with Gasteiger partial charge in [-0.3, -0.25) is 9.45 Å². The van der Waals surface area contributed by atoms with Gasteiger partial charge in [0.25, 0.3) is 15.8 Å². The zero-order valence-corrected chi connectivity index (χ0v) is 19.4. The summed E-state index contributed by atoms with van der Waals surface area (Å²) in [5.74, 6) is -0.400. The first kappa shape index (κ1) is 24.1. The van der Waals surface area contributed by atoms with Crippen LogP contribution in [0.3, 0.4) is 0 Å². The maximum atomic E-state index is 11.8. The van der Waals surface area contributed by atoms with E-state index in [-0.39, 0.29) is 22.7 Å². The van der Waals surface area contributed by atoms with Crippen molar-refractivity contribution in [3.05, 3.63) is 119 Å². The number of aromatic nitrogens is 1. The average Bonchev–Trinajstić information content (AvgIpc) is 3.52. The van der Waals surface area contributed by atoms with Gasteiger partial charge in [0.2, 0.25) is 5.88 Å². The summed E-state index contributed by atoms with van der Waals surface area (Å²) < 4.78 is 40.8. The number of nitriles is 2. The van der Waals surface area contributed by atoms with Crippen LogP contribution >= 0.6 is 0 Å². The second-order valence-electron chi connectivity index (χ2n) is 7.49. The first-order valence-electron chi connectivity index (χ1n) is 10.4. The maximum absolute atomic E-state index is 11.8. The smallest absolute Gasteiger partial charge is 0.283 e. The Morgan fingerprint density at radius 3 is 2.42 bits per heavy atom. The molecule has 0 bridgehead atoms. The van der Waals surface area contributed by atoms with E-state index >= 15 is 0 Å². The van der Waals surface area contributed by atoms with Crippen molar-refractivity contribution in [3.8, 4) is 23.6 Å². The molecule has 1 aromatic heterocycles. The van der Waals surface area contributed by atoms with Crippen molar-refractivity contribution in [1.82, 2.24) is 4.57 Å². The largest absolute Gasteiger partial charge is 0.439 e. The number of hydrogen-bond donors (Lipinski definition) is 1. The average molecular weight is 496 g/mol. The lowest BCUT2D eigenvalue weighted by Gasteiger charge is -2.16. The van der Waals surface area contributed by atoms with Crippen LogP contribution in [0.4, 0.5) is 5.69 Å². The van der Waals surface area contributed by atoms with Gasteiger partial charge in [0.1, 0.15) is 0 Å². The summed E-state index contributed by atoms with van der Waals surface area (Å²) in [4.78, 5) is 4.52. The van der Waals surface area contributed by atoms with Crippen LogP contribution < -0.4 is 9.64 Å². The number of fused-ring (bicyclic) bond motifs is 1. The van der Waals surface area contributed by atoms with Crippen LogP contribution in [0.25, 0.3) is 16.1 Å². The molecule has 2 heterocycles. The first-order valence-corrected chi connectivity index (χ1v) is 12.0. The summed E-state index contributed by atoms with van der Waals surface area (Å²) in [6.45, 7) is 7.37. The Balaban J connectivity index is 1.82. The Labute approximate surface area is 207 Å². The molecular formula is C26H17N5O4S. The van der Waals surface area contributed by atoms with Gasteiger partial charge in [-0.15, -0.1) is 0 Å². The van der Waals surface area contributed by atoms with Gasteiger partial charge in [0, 0.05) is 29.7 Å². The monoisotopic (exact) mass is 495 g/mol. The molecule has 0 atom stereocenters. The molecule has 0 fully saturated rings. The van der Waals surface area contributed by atoms with Gasteiger partial charge in [-0.25, -0.2) is 10.1 Å². The standard InChI is InChI=1S/C26H17N5O4S/c1-29-22(17-28)26(19-7-3-2-4-8-19)20(16-27)9-12-25-31(18-36(32,33)34)23-15-21(10-11-24(23)35-25)30-13-5-6-14-30/h2-15H,18H2,(H,32,33,34)/b20-9+,25-12-,26-22-. The molecule has 9 nitrogen and oxygen atoms in total.